The van der Waals surface area contributed by atoms with Crippen LogP contribution in [0.3, 0.4) is 0 Å². The fourth-order valence-corrected chi connectivity index (χ4v) is 4.59. The molecule has 138 valence electrons. The van der Waals surface area contributed by atoms with E-state index in [2.05, 4.69) is 56.9 Å². The van der Waals surface area contributed by atoms with Crippen LogP contribution in [0.5, 0.6) is 0 Å². The molecule has 4 rings (SSSR count). The van der Waals surface area contributed by atoms with E-state index < -0.39 is 0 Å². The third-order valence-electron chi connectivity index (χ3n) is 4.29. The van der Waals surface area contributed by atoms with E-state index in [1.807, 2.05) is 19.2 Å². The molecule has 0 atom stereocenters. The van der Waals surface area contributed by atoms with Crippen LogP contribution in [0.1, 0.15) is 22.4 Å². The van der Waals surface area contributed by atoms with Gasteiger partial charge in [0.25, 0.3) is 0 Å². The van der Waals surface area contributed by atoms with Gasteiger partial charge >= 0.3 is 0 Å². The fraction of sp³-hybridized carbons (Fsp3) is 0.263. The van der Waals surface area contributed by atoms with Gasteiger partial charge in [-0.2, -0.15) is 0 Å². The second-order valence-corrected chi connectivity index (χ2v) is 8.42. The first-order chi connectivity index (χ1) is 12.9. The number of amides is 1. The molecule has 1 aromatic carbocycles. The number of carbonyl (C=O) groups excluding carboxylic acids is 1. The summed E-state index contributed by atoms with van der Waals surface area (Å²) in [5, 5.41) is 15.9. The zero-order valence-electron chi connectivity index (χ0n) is 15.5. The van der Waals surface area contributed by atoms with E-state index in [1.165, 1.54) is 39.6 Å². The molecule has 1 N–H and O–H groups in total. The van der Waals surface area contributed by atoms with Gasteiger partial charge in [0.15, 0.2) is 15.9 Å². The predicted molar refractivity (Wildman–Crippen MR) is 111 cm³/mol. The molecule has 3 heterocycles. The van der Waals surface area contributed by atoms with Crippen molar-refractivity contribution in [3.05, 3.63) is 46.0 Å². The lowest BCUT2D eigenvalue weighted by molar-refractivity contribution is -0.113. The molecule has 0 bridgehead atoms. The Morgan fingerprint density at radius 3 is 2.70 bits per heavy atom. The molecule has 3 aromatic heterocycles. The van der Waals surface area contributed by atoms with Gasteiger partial charge in [0.05, 0.1) is 17.0 Å². The lowest BCUT2D eigenvalue weighted by Gasteiger charge is -2.10. The number of carbonyl (C=O) groups is 1. The smallest absolute Gasteiger partial charge is 0.236 e. The van der Waals surface area contributed by atoms with Crippen LogP contribution in [0.25, 0.3) is 16.6 Å². The van der Waals surface area contributed by atoms with Crippen LogP contribution in [0.15, 0.2) is 28.7 Å². The summed E-state index contributed by atoms with van der Waals surface area (Å²) in [4.78, 5) is 16.5. The zero-order valence-corrected chi connectivity index (χ0v) is 17.2. The van der Waals surface area contributed by atoms with E-state index in [-0.39, 0.29) is 11.7 Å². The summed E-state index contributed by atoms with van der Waals surface area (Å²) < 4.78 is 2.05. The van der Waals surface area contributed by atoms with Gasteiger partial charge in [-0.3, -0.25) is 9.20 Å². The van der Waals surface area contributed by atoms with Crippen LogP contribution in [0.4, 0.5) is 5.13 Å². The van der Waals surface area contributed by atoms with Gasteiger partial charge in [-0.25, -0.2) is 4.98 Å². The fourth-order valence-electron chi connectivity index (χ4n) is 3.14. The van der Waals surface area contributed by atoms with Crippen LogP contribution in [-0.2, 0) is 4.79 Å². The number of fused-ring (bicyclic) bond motifs is 3. The molecule has 0 radical (unpaired) electrons. The van der Waals surface area contributed by atoms with Crippen molar-refractivity contribution >= 4 is 50.7 Å². The minimum absolute atomic E-state index is 0.101. The zero-order chi connectivity index (χ0) is 19.1. The number of anilines is 1. The molecule has 0 aliphatic carbocycles. The highest BCUT2D eigenvalue weighted by Gasteiger charge is 2.15. The molecule has 6 nitrogen and oxygen atoms in total. The van der Waals surface area contributed by atoms with E-state index in [9.17, 15) is 4.79 Å². The van der Waals surface area contributed by atoms with Gasteiger partial charge in [-0.05, 0) is 56.5 Å². The van der Waals surface area contributed by atoms with E-state index in [1.54, 1.807) is 0 Å². The van der Waals surface area contributed by atoms with Crippen LogP contribution in [0.2, 0.25) is 0 Å². The molecule has 0 fully saturated rings. The topological polar surface area (TPSA) is 72.2 Å². The molecular weight excluding hydrogens is 378 g/mol. The van der Waals surface area contributed by atoms with Crippen LogP contribution in [0, 0.1) is 27.7 Å². The molecule has 8 heteroatoms. The summed E-state index contributed by atoms with van der Waals surface area (Å²) in [5.41, 5.74) is 6.27. The Balaban J connectivity index is 1.67. The molecule has 0 aliphatic rings. The van der Waals surface area contributed by atoms with Crippen LogP contribution < -0.4 is 5.32 Å². The largest absolute Gasteiger partial charge is 0.301 e. The maximum atomic E-state index is 12.3. The minimum atomic E-state index is -0.101. The Morgan fingerprint density at radius 1 is 1.15 bits per heavy atom. The normalized spacial score (nSPS) is 11.4. The summed E-state index contributed by atoms with van der Waals surface area (Å²) in [6.45, 7) is 8.13. The van der Waals surface area contributed by atoms with Crippen molar-refractivity contribution in [3.63, 3.8) is 0 Å². The second-order valence-electron chi connectivity index (χ2n) is 6.61. The monoisotopic (exact) mass is 397 g/mol. The first-order valence-corrected chi connectivity index (χ1v) is 10.4. The second kappa shape index (κ2) is 6.94. The quantitative estimate of drug-likeness (QED) is 0.520. The highest BCUT2D eigenvalue weighted by Crippen LogP contribution is 2.28. The number of benzene rings is 1. The number of thioether (sulfide) groups is 1. The molecular formula is C19H19N5OS2. The van der Waals surface area contributed by atoms with Crippen molar-refractivity contribution in [1.82, 2.24) is 19.6 Å². The SMILES string of the molecule is Cc1cc(C)c2cc(C)c3nnc(SCC(=O)Nc4nc(C)cs4)n3c2c1. The van der Waals surface area contributed by atoms with E-state index in [0.717, 1.165) is 22.4 Å². The molecule has 0 saturated heterocycles. The lowest BCUT2D eigenvalue weighted by atomic mass is 10.0. The van der Waals surface area contributed by atoms with Crippen molar-refractivity contribution in [2.24, 2.45) is 0 Å². The van der Waals surface area contributed by atoms with Crippen molar-refractivity contribution in [2.75, 3.05) is 11.1 Å². The van der Waals surface area contributed by atoms with Gasteiger partial charge in [-0.15, -0.1) is 21.5 Å². The van der Waals surface area contributed by atoms with Gasteiger partial charge in [-0.1, -0.05) is 17.8 Å². The number of pyridine rings is 1. The van der Waals surface area contributed by atoms with Crippen molar-refractivity contribution < 1.29 is 4.79 Å². The number of aryl methyl sites for hydroxylation is 4. The summed E-state index contributed by atoms with van der Waals surface area (Å²) >= 11 is 2.81. The summed E-state index contributed by atoms with van der Waals surface area (Å²) in [6, 6.07) is 6.47. The first-order valence-electron chi connectivity index (χ1n) is 8.53. The lowest BCUT2D eigenvalue weighted by Crippen LogP contribution is -2.14. The van der Waals surface area contributed by atoms with E-state index in [0.29, 0.717) is 10.3 Å². The Morgan fingerprint density at radius 2 is 1.96 bits per heavy atom. The maximum absolute atomic E-state index is 12.3. The molecule has 0 spiro atoms. The molecule has 0 saturated carbocycles. The Kier molecular flexibility index (Phi) is 4.61. The number of hydrogen-bond acceptors (Lipinski definition) is 6. The number of rotatable bonds is 4. The highest BCUT2D eigenvalue weighted by molar-refractivity contribution is 7.99. The molecule has 0 unspecified atom stereocenters. The average Bonchev–Trinajstić information content (AvgIpc) is 3.21. The number of aromatic nitrogens is 4. The third-order valence-corrected chi connectivity index (χ3v) is 6.10. The van der Waals surface area contributed by atoms with Gasteiger partial charge in [0, 0.05) is 10.8 Å². The van der Waals surface area contributed by atoms with Gasteiger partial charge in [0.1, 0.15) is 0 Å². The van der Waals surface area contributed by atoms with E-state index in [4.69, 9.17) is 0 Å². The Bertz CT molecular complexity index is 1180. The number of nitrogens with one attached hydrogen (secondary N) is 1. The third kappa shape index (κ3) is 3.42. The van der Waals surface area contributed by atoms with Crippen molar-refractivity contribution in [3.8, 4) is 0 Å². The van der Waals surface area contributed by atoms with Crippen LogP contribution >= 0.6 is 23.1 Å². The Labute approximate surface area is 165 Å². The maximum Gasteiger partial charge on any atom is 0.236 e. The Hall–Kier alpha value is -2.45. The summed E-state index contributed by atoms with van der Waals surface area (Å²) in [6.07, 6.45) is 0. The number of nitrogens with zero attached hydrogens (tertiary/aromatic N) is 4. The molecule has 4 aromatic rings. The molecule has 0 aliphatic heterocycles. The minimum Gasteiger partial charge on any atom is -0.301 e. The van der Waals surface area contributed by atoms with Crippen LogP contribution in [-0.4, -0.2) is 31.2 Å². The van der Waals surface area contributed by atoms with Crippen molar-refractivity contribution in [2.45, 2.75) is 32.9 Å². The summed E-state index contributed by atoms with van der Waals surface area (Å²) in [5.74, 6) is 0.148. The predicted octanol–water partition coefficient (Wildman–Crippen LogP) is 4.30. The highest BCUT2D eigenvalue weighted by atomic mass is 32.2. The van der Waals surface area contributed by atoms with E-state index >= 15 is 0 Å². The molecule has 1 amide bonds. The van der Waals surface area contributed by atoms with Gasteiger partial charge < -0.3 is 5.32 Å². The number of thiazole rings is 1. The average molecular weight is 398 g/mol. The first kappa shape index (κ1) is 17.9. The standard InChI is InChI=1S/C19H19N5OS2/c1-10-5-11(2)14-7-12(3)17-22-23-19(24(17)15(14)6-10)27-9-16(25)21-18-20-13(4)8-26-18/h5-8H,9H2,1-4H3,(H,20,21,25). The number of hydrogen-bond donors (Lipinski definition) is 1. The summed E-state index contributed by atoms with van der Waals surface area (Å²) in [7, 11) is 0. The van der Waals surface area contributed by atoms with Crippen molar-refractivity contribution in [1.29, 1.82) is 0 Å². The van der Waals surface area contributed by atoms with Gasteiger partial charge in [0.2, 0.25) is 5.91 Å². The molecule has 27 heavy (non-hydrogen) atoms.